The van der Waals surface area contributed by atoms with Crippen molar-refractivity contribution in [3.63, 3.8) is 0 Å². The molecule has 0 aliphatic heterocycles. The molecule has 1 heterocycles. The highest BCUT2D eigenvalue weighted by atomic mass is 15.2. The zero-order valence-electron chi connectivity index (χ0n) is 11.8. The van der Waals surface area contributed by atoms with Crippen LogP contribution in [-0.2, 0) is 0 Å². The van der Waals surface area contributed by atoms with Gasteiger partial charge in [0, 0.05) is 25.3 Å². The molecule has 2 rings (SSSR count). The Morgan fingerprint density at radius 3 is 2.83 bits per heavy atom. The van der Waals surface area contributed by atoms with Crippen LogP contribution in [0.25, 0.3) is 0 Å². The smallest absolute Gasteiger partial charge is 0.0951 e. The van der Waals surface area contributed by atoms with Gasteiger partial charge in [0.2, 0.25) is 0 Å². The van der Waals surface area contributed by atoms with E-state index in [1.54, 1.807) is 0 Å². The molecule has 2 N–H and O–H groups in total. The van der Waals surface area contributed by atoms with E-state index in [2.05, 4.69) is 35.3 Å². The molecule has 1 saturated carbocycles. The molecule has 0 bridgehead atoms. The first-order valence-corrected chi connectivity index (χ1v) is 7.09. The lowest BCUT2D eigenvalue weighted by Gasteiger charge is -2.29. The Morgan fingerprint density at radius 1 is 1.56 bits per heavy atom. The fourth-order valence-electron chi connectivity index (χ4n) is 2.51. The van der Waals surface area contributed by atoms with Crippen molar-refractivity contribution in [1.29, 1.82) is 0 Å². The van der Waals surface area contributed by atoms with Gasteiger partial charge in [0.05, 0.1) is 18.1 Å². The standard InChI is InChI=1S/C14H26N4/c1-4-11(2)9-17(3)13(7-15)14-8-16-10-18(14)12-5-6-12/h8,10-13H,4-7,9,15H2,1-3H3. The Hall–Kier alpha value is -0.870. The second kappa shape index (κ2) is 5.85. The summed E-state index contributed by atoms with van der Waals surface area (Å²) in [4.78, 5) is 6.69. The molecule has 4 nitrogen and oxygen atoms in total. The Morgan fingerprint density at radius 2 is 2.28 bits per heavy atom. The molecule has 102 valence electrons. The summed E-state index contributed by atoms with van der Waals surface area (Å²) >= 11 is 0. The zero-order chi connectivity index (χ0) is 13.1. The minimum Gasteiger partial charge on any atom is -0.330 e. The Balaban J connectivity index is 2.09. The van der Waals surface area contributed by atoms with Gasteiger partial charge >= 0.3 is 0 Å². The first-order chi connectivity index (χ1) is 8.67. The van der Waals surface area contributed by atoms with Gasteiger partial charge in [-0.25, -0.2) is 4.98 Å². The molecule has 0 saturated heterocycles. The first kappa shape index (κ1) is 13.6. The number of imidazole rings is 1. The van der Waals surface area contributed by atoms with Crippen LogP contribution >= 0.6 is 0 Å². The summed E-state index contributed by atoms with van der Waals surface area (Å²) in [5.74, 6) is 0.710. The lowest BCUT2D eigenvalue weighted by molar-refractivity contribution is 0.208. The fourth-order valence-corrected chi connectivity index (χ4v) is 2.51. The van der Waals surface area contributed by atoms with Crippen LogP contribution in [0.5, 0.6) is 0 Å². The van der Waals surface area contributed by atoms with Crippen molar-refractivity contribution in [3.05, 3.63) is 18.2 Å². The van der Waals surface area contributed by atoms with E-state index >= 15 is 0 Å². The van der Waals surface area contributed by atoms with Crippen molar-refractivity contribution < 1.29 is 0 Å². The highest BCUT2D eigenvalue weighted by Crippen LogP contribution is 2.37. The van der Waals surface area contributed by atoms with Crippen LogP contribution in [0.2, 0.25) is 0 Å². The predicted molar refractivity (Wildman–Crippen MR) is 74.4 cm³/mol. The number of nitrogens with two attached hydrogens (primary N) is 1. The van der Waals surface area contributed by atoms with Crippen LogP contribution < -0.4 is 5.73 Å². The molecule has 0 radical (unpaired) electrons. The van der Waals surface area contributed by atoms with Crippen LogP contribution in [0.4, 0.5) is 0 Å². The van der Waals surface area contributed by atoms with Crippen molar-refractivity contribution in [2.45, 2.75) is 45.2 Å². The molecule has 0 spiro atoms. The highest BCUT2D eigenvalue weighted by molar-refractivity contribution is 5.09. The van der Waals surface area contributed by atoms with E-state index in [-0.39, 0.29) is 0 Å². The maximum Gasteiger partial charge on any atom is 0.0951 e. The largest absolute Gasteiger partial charge is 0.330 e. The molecule has 1 aromatic heterocycles. The lowest BCUT2D eigenvalue weighted by Crippen LogP contribution is -2.34. The molecule has 1 aromatic rings. The van der Waals surface area contributed by atoms with E-state index in [4.69, 9.17) is 5.73 Å². The average molecular weight is 250 g/mol. The van der Waals surface area contributed by atoms with Crippen LogP contribution in [0.3, 0.4) is 0 Å². The van der Waals surface area contributed by atoms with E-state index in [9.17, 15) is 0 Å². The second-order valence-corrected chi connectivity index (χ2v) is 5.66. The minimum absolute atomic E-state index is 0.294. The molecular weight excluding hydrogens is 224 g/mol. The van der Waals surface area contributed by atoms with E-state index in [1.807, 2.05) is 12.5 Å². The topological polar surface area (TPSA) is 47.1 Å². The van der Waals surface area contributed by atoms with Crippen molar-refractivity contribution >= 4 is 0 Å². The van der Waals surface area contributed by atoms with Crippen LogP contribution in [0.1, 0.15) is 50.9 Å². The summed E-state index contributed by atoms with van der Waals surface area (Å²) in [6, 6.07) is 0.968. The SMILES string of the molecule is CCC(C)CN(C)C(CN)c1cncn1C1CC1. The molecule has 0 aromatic carbocycles. The summed E-state index contributed by atoms with van der Waals surface area (Å²) in [6.07, 6.45) is 7.74. The normalized spacial score (nSPS) is 19.2. The van der Waals surface area contributed by atoms with Crippen LogP contribution in [-0.4, -0.2) is 34.6 Å². The van der Waals surface area contributed by atoms with Gasteiger partial charge in [-0.15, -0.1) is 0 Å². The third-order valence-corrected chi connectivity index (χ3v) is 4.03. The van der Waals surface area contributed by atoms with Crippen molar-refractivity contribution in [2.24, 2.45) is 11.7 Å². The predicted octanol–water partition coefficient (Wildman–Crippen LogP) is 2.20. The molecular formula is C14H26N4. The number of aromatic nitrogens is 2. The molecule has 1 aliphatic rings. The molecule has 18 heavy (non-hydrogen) atoms. The molecule has 1 fully saturated rings. The summed E-state index contributed by atoms with van der Waals surface area (Å²) in [6.45, 7) is 6.28. The van der Waals surface area contributed by atoms with Gasteiger partial charge in [-0.3, -0.25) is 4.90 Å². The highest BCUT2D eigenvalue weighted by Gasteiger charge is 2.29. The number of hydrogen-bond donors (Lipinski definition) is 1. The van der Waals surface area contributed by atoms with Gasteiger partial charge in [0.1, 0.15) is 0 Å². The van der Waals surface area contributed by atoms with Gasteiger partial charge in [-0.1, -0.05) is 20.3 Å². The summed E-state index contributed by atoms with van der Waals surface area (Å²) in [5, 5.41) is 0. The van der Waals surface area contributed by atoms with Crippen LogP contribution in [0.15, 0.2) is 12.5 Å². The van der Waals surface area contributed by atoms with Gasteiger partial charge < -0.3 is 10.3 Å². The number of rotatable bonds is 7. The van der Waals surface area contributed by atoms with E-state index in [0.717, 1.165) is 6.54 Å². The van der Waals surface area contributed by atoms with Crippen LogP contribution in [0, 0.1) is 5.92 Å². The van der Waals surface area contributed by atoms with E-state index in [1.165, 1.54) is 25.0 Å². The molecule has 2 unspecified atom stereocenters. The maximum absolute atomic E-state index is 5.99. The maximum atomic E-state index is 5.99. The van der Waals surface area contributed by atoms with E-state index in [0.29, 0.717) is 24.5 Å². The number of likely N-dealkylation sites (N-methyl/N-ethyl adjacent to an activating group) is 1. The lowest BCUT2D eigenvalue weighted by atomic mass is 10.1. The van der Waals surface area contributed by atoms with Crippen molar-refractivity contribution in [3.8, 4) is 0 Å². The molecule has 0 amide bonds. The summed E-state index contributed by atoms with van der Waals surface area (Å²) in [7, 11) is 2.17. The first-order valence-electron chi connectivity index (χ1n) is 7.09. The van der Waals surface area contributed by atoms with Gasteiger partial charge in [-0.05, 0) is 25.8 Å². The Bertz CT molecular complexity index is 370. The van der Waals surface area contributed by atoms with Gasteiger partial charge in [0.15, 0.2) is 0 Å². The Kier molecular flexibility index (Phi) is 4.40. The second-order valence-electron chi connectivity index (χ2n) is 5.66. The number of hydrogen-bond acceptors (Lipinski definition) is 3. The quantitative estimate of drug-likeness (QED) is 0.807. The van der Waals surface area contributed by atoms with Gasteiger partial charge in [0.25, 0.3) is 0 Å². The fraction of sp³-hybridized carbons (Fsp3) is 0.786. The van der Waals surface area contributed by atoms with E-state index < -0.39 is 0 Å². The Labute approximate surface area is 110 Å². The monoisotopic (exact) mass is 250 g/mol. The third kappa shape index (κ3) is 2.93. The summed E-state index contributed by atoms with van der Waals surface area (Å²) in [5.41, 5.74) is 7.27. The summed E-state index contributed by atoms with van der Waals surface area (Å²) < 4.78 is 2.32. The van der Waals surface area contributed by atoms with Crippen molar-refractivity contribution in [1.82, 2.24) is 14.5 Å². The molecule has 2 atom stereocenters. The van der Waals surface area contributed by atoms with Gasteiger partial charge in [-0.2, -0.15) is 0 Å². The van der Waals surface area contributed by atoms with Crippen molar-refractivity contribution in [2.75, 3.05) is 20.1 Å². The molecule has 4 heteroatoms. The number of nitrogens with zero attached hydrogens (tertiary/aromatic N) is 3. The third-order valence-electron chi connectivity index (χ3n) is 4.03. The minimum atomic E-state index is 0.294. The molecule has 1 aliphatic carbocycles. The zero-order valence-corrected chi connectivity index (χ0v) is 11.8. The average Bonchev–Trinajstić information content (AvgIpc) is 3.10.